The minimum absolute atomic E-state index is 0.0727. The second kappa shape index (κ2) is 8.09. The molecule has 21 heavy (non-hydrogen) atoms. The van der Waals surface area contributed by atoms with Gasteiger partial charge in [-0.2, -0.15) is 4.98 Å². The number of carboxylic acid groups (broad SMARTS) is 1. The average molecular weight is 297 g/mol. The van der Waals surface area contributed by atoms with Crippen LogP contribution in [-0.4, -0.2) is 51.9 Å². The Balaban J connectivity index is 1.67. The first-order chi connectivity index (χ1) is 10.2. The fourth-order valence-corrected chi connectivity index (χ4v) is 2.42. The monoisotopic (exact) mass is 297 g/mol. The van der Waals surface area contributed by atoms with Crippen molar-refractivity contribution in [3.05, 3.63) is 11.7 Å². The lowest BCUT2D eigenvalue weighted by Crippen LogP contribution is -2.37. The van der Waals surface area contributed by atoms with Gasteiger partial charge in [0.1, 0.15) is 0 Å². The van der Waals surface area contributed by atoms with Crippen LogP contribution >= 0.6 is 0 Å². The molecule has 0 amide bonds. The molecular formula is C14H23N3O4. The van der Waals surface area contributed by atoms with Crippen LogP contribution in [0.25, 0.3) is 0 Å². The van der Waals surface area contributed by atoms with Crippen molar-refractivity contribution < 1.29 is 19.2 Å². The van der Waals surface area contributed by atoms with Crippen molar-refractivity contribution in [3.63, 3.8) is 0 Å². The van der Waals surface area contributed by atoms with Crippen LogP contribution in [0, 0.1) is 0 Å². The third kappa shape index (κ3) is 5.43. The van der Waals surface area contributed by atoms with Gasteiger partial charge in [-0.1, -0.05) is 12.1 Å². The molecule has 7 nitrogen and oxygen atoms in total. The predicted octanol–water partition coefficient (Wildman–Crippen LogP) is 1.48. The SMILES string of the molecule is CCCc1nc(CN2CCC(OCCC(=O)O)CC2)no1. The van der Waals surface area contributed by atoms with Crippen LogP contribution < -0.4 is 0 Å². The van der Waals surface area contributed by atoms with Gasteiger partial charge in [-0.05, 0) is 19.3 Å². The van der Waals surface area contributed by atoms with Crippen LogP contribution in [-0.2, 0) is 22.5 Å². The van der Waals surface area contributed by atoms with E-state index in [4.69, 9.17) is 14.4 Å². The smallest absolute Gasteiger partial charge is 0.305 e. The van der Waals surface area contributed by atoms with Gasteiger partial charge in [-0.15, -0.1) is 0 Å². The minimum Gasteiger partial charge on any atom is -0.481 e. The molecule has 0 atom stereocenters. The fourth-order valence-electron chi connectivity index (χ4n) is 2.42. The highest BCUT2D eigenvalue weighted by atomic mass is 16.5. The van der Waals surface area contributed by atoms with Gasteiger partial charge in [0.05, 0.1) is 25.7 Å². The zero-order chi connectivity index (χ0) is 15.1. The molecule has 2 heterocycles. The highest BCUT2D eigenvalue weighted by Crippen LogP contribution is 2.15. The molecule has 1 aromatic rings. The summed E-state index contributed by atoms with van der Waals surface area (Å²) in [6.07, 6.45) is 3.90. The molecule has 0 aromatic carbocycles. The number of carboxylic acids is 1. The first-order valence-electron chi connectivity index (χ1n) is 7.54. The molecule has 1 aliphatic heterocycles. The second-order valence-electron chi connectivity index (χ2n) is 5.34. The third-order valence-corrected chi connectivity index (χ3v) is 3.54. The topological polar surface area (TPSA) is 88.7 Å². The van der Waals surface area contributed by atoms with E-state index in [1.54, 1.807) is 0 Å². The summed E-state index contributed by atoms with van der Waals surface area (Å²) in [5.74, 6) is 0.635. The van der Waals surface area contributed by atoms with E-state index in [0.717, 1.165) is 44.6 Å². The van der Waals surface area contributed by atoms with E-state index in [0.29, 0.717) is 19.0 Å². The molecule has 0 spiro atoms. The van der Waals surface area contributed by atoms with Crippen molar-refractivity contribution >= 4 is 5.97 Å². The molecule has 0 aliphatic carbocycles. The number of piperidine rings is 1. The summed E-state index contributed by atoms with van der Waals surface area (Å²) in [4.78, 5) is 17.1. The Labute approximate surface area is 124 Å². The number of hydrogen-bond donors (Lipinski definition) is 1. The van der Waals surface area contributed by atoms with Crippen molar-refractivity contribution in [3.8, 4) is 0 Å². The number of ether oxygens (including phenoxy) is 1. The van der Waals surface area contributed by atoms with Gasteiger partial charge >= 0.3 is 5.97 Å². The summed E-state index contributed by atoms with van der Waals surface area (Å²) in [7, 11) is 0. The summed E-state index contributed by atoms with van der Waals surface area (Å²) < 4.78 is 10.7. The quantitative estimate of drug-likeness (QED) is 0.777. The van der Waals surface area contributed by atoms with Gasteiger partial charge in [-0.25, -0.2) is 0 Å². The number of hydrogen-bond acceptors (Lipinski definition) is 6. The third-order valence-electron chi connectivity index (χ3n) is 3.54. The number of aryl methyl sites for hydroxylation is 1. The predicted molar refractivity (Wildman–Crippen MR) is 74.8 cm³/mol. The lowest BCUT2D eigenvalue weighted by molar-refractivity contribution is -0.138. The standard InChI is InChI=1S/C14H23N3O4/c1-2-3-13-15-12(16-21-13)10-17-7-4-11(5-8-17)20-9-6-14(18)19/h11H,2-10H2,1H3,(H,18,19). The molecule has 0 saturated carbocycles. The van der Waals surface area contributed by atoms with Gasteiger partial charge in [0.15, 0.2) is 5.82 Å². The maximum Gasteiger partial charge on any atom is 0.305 e. The number of nitrogens with zero attached hydrogens (tertiary/aromatic N) is 3. The maximum atomic E-state index is 10.4. The molecule has 1 fully saturated rings. The molecule has 1 saturated heterocycles. The fraction of sp³-hybridized carbons (Fsp3) is 0.786. The lowest BCUT2D eigenvalue weighted by atomic mass is 10.1. The van der Waals surface area contributed by atoms with Crippen LogP contribution in [0.5, 0.6) is 0 Å². The van der Waals surface area contributed by atoms with Gasteiger partial charge in [0, 0.05) is 19.5 Å². The second-order valence-corrected chi connectivity index (χ2v) is 5.34. The van der Waals surface area contributed by atoms with Crippen LogP contribution in [0.2, 0.25) is 0 Å². The van der Waals surface area contributed by atoms with Gasteiger partial charge < -0.3 is 14.4 Å². The highest BCUT2D eigenvalue weighted by Gasteiger charge is 2.21. The molecule has 118 valence electrons. The first kappa shape index (κ1) is 15.9. The molecule has 1 aliphatic rings. The summed E-state index contributed by atoms with van der Waals surface area (Å²) in [6.45, 7) is 4.91. The molecule has 0 radical (unpaired) electrons. The molecule has 7 heteroatoms. The van der Waals surface area contributed by atoms with Gasteiger partial charge in [0.25, 0.3) is 0 Å². The van der Waals surface area contributed by atoms with E-state index >= 15 is 0 Å². The number of rotatable bonds is 8. The zero-order valence-corrected chi connectivity index (χ0v) is 12.5. The molecular weight excluding hydrogens is 274 g/mol. The Kier molecular flexibility index (Phi) is 6.13. The summed E-state index contributed by atoms with van der Waals surface area (Å²) in [5.41, 5.74) is 0. The van der Waals surface area contributed by atoms with Crippen molar-refractivity contribution in [1.29, 1.82) is 0 Å². The van der Waals surface area contributed by atoms with Gasteiger partial charge in [-0.3, -0.25) is 9.69 Å². The first-order valence-corrected chi connectivity index (χ1v) is 7.54. The molecule has 0 unspecified atom stereocenters. The van der Waals surface area contributed by atoms with Crippen LogP contribution in [0.15, 0.2) is 4.52 Å². The molecule has 1 aromatic heterocycles. The van der Waals surface area contributed by atoms with Crippen LogP contribution in [0.3, 0.4) is 0 Å². The summed E-state index contributed by atoms with van der Waals surface area (Å²) >= 11 is 0. The van der Waals surface area contributed by atoms with E-state index in [1.165, 1.54) is 0 Å². The molecule has 0 bridgehead atoms. The van der Waals surface area contributed by atoms with E-state index in [9.17, 15) is 4.79 Å². The van der Waals surface area contributed by atoms with E-state index in [1.807, 2.05) is 0 Å². The van der Waals surface area contributed by atoms with E-state index < -0.39 is 5.97 Å². The molecule has 2 rings (SSSR count). The number of likely N-dealkylation sites (tertiary alicyclic amines) is 1. The maximum absolute atomic E-state index is 10.4. The Bertz CT molecular complexity index is 441. The molecule has 1 N–H and O–H groups in total. The lowest BCUT2D eigenvalue weighted by Gasteiger charge is -2.30. The van der Waals surface area contributed by atoms with Gasteiger partial charge in [0.2, 0.25) is 5.89 Å². The van der Waals surface area contributed by atoms with Crippen molar-refractivity contribution in [2.45, 2.75) is 51.7 Å². The number of carbonyl (C=O) groups is 1. The number of aromatic nitrogens is 2. The van der Waals surface area contributed by atoms with Crippen molar-refractivity contribution in [2.75, 3.05) is 19.7 Å². The van der Waals surface area contributed by atoms with Crippen molar-refractivity contribution in [2.24, 2.45) is 0 Å². The normalized spacial score (nSPS) is 17.2. The highest BCUT2D eigenvalue weighted by molar-refractivity contribution is 5.66. The van der Waals surface area contributed by atoms with E-state index in [2.05, 4.69) is 22.0 Å². The van der Waals surface area contributed by atoms with Crippen LogP contribution in [0.1, 0.15) is 44.3 Å². The Hall–Kier alpha value is -1.47. The largest absolute Gasteiger partial charge is 0.481 e. The average Bonchev–Trinajstić information content (AvgIpc) is 2.88. The number of aliphatic carboxylic acids is 1. The van der Waals surface area contributed by atoms with Crippen LogP contribution in [0.4, 0.5) is 0 Å². The Morgan fingerprint density at radius 2 is 2.24 bits per heavy atom. The van der Waals surface area contributed by atoms with E-state index in [-0.39, 0.29) is 12.5 Å². The Morgan fingerprint density at radius 1 is 1.48 bits per heavy atom. The van der Waals surface area contributed by atoms with Crippen molar-refractivity contribution in [1.82, 2.24) is 15.0 Å². The minimum atomic E-state index is -0.813. The zero-order valence-electron chi connectivity index (χ0n) is 12.5. The Morgan fingerprint density at radius 3 is 2.90 bits per heavy atom. The summed E-state index contributed by atoms with van der Waals surface area (Å²) in [5, 5.41) is 12.6. The summed E-state index contributed by atoms with van der Waals surface area (Å²) in [6, 6.07) is 0.